The van der Waals surface area contributed by atoms with E-state index < -0.39 is 0 Å². The Morgan fingerprint density at radius 1 is 1.00 bits per heavy atom. The van der Waals surface area contributed by atoms with Crippen LogP contribution in [0.1, 0.15) is 15.9 Å². The van der Waals surface area contributed by atoms with Crippen LogP contribution in [0.3, 0.4) is 0 Å². The molecule has 29 heavy (non-hydrogen) atoms. The van der Waals surface area contributed by atoms with E-state index in [0.717, 1.165) is 22.9 Å². The van der Waals surface area contributed by atoms with Crippen molar-refractivity contribution in [2.75, 3.05) is 11.1 Å². The number of nitrogens with zero attached hydrogens (tertiary/aromatic N) is 3. The minimum absolute atomic E-state index is 0.184. The zero-order valence-corrected chi connectivity index (χ0v) is 16.1. The molecule has 1 aliphatic heterocycles. The second kappa shape index (κ2) is 8.24. The van der Waals surface area contributed by atoms with Gasteiger partial charge >= 0.3 is 0 Å². The first kappa shape index (κ1) is 18.8. The van der Waals surface area contributed by atoms with Gasteiger partial charge in [0.15, 0.2) is 5.82 Å². The van der Waals surface area contributed by atoms with Gasteiger partial charge in [-0.3, -0.25) is 19.3 Å². The molecule has 0 radical (unpaired) electrons. The molecule has 2 heterocycles. The largest absolute Gasteiger partial charge is 0.322 e. The van der Waals surface area contributed by atoms with Gasteiger partial charge in [-0.25, -0.2) is 9.97 Å². The molecule has 0 atom stereocenters. The van der Waals surface area contributed by atoms with E-state index in [0.29, 0.717) is 17.1 Å². The van der Waals surface area contributed by atoms with Gasteiger partial charge in [0.25, 0.3) is 11.1 Å². The number of aromatic nitrogens is 2. The number of hydrogen-bond donors (Lipinski definition) is 1. The second-order valence-corrected chi connectivity index (χ2v) is 7.27. The summed E-state index contributed by atoms with van der Waals surface area (Å²) in [5.74, 6) is 0.239. The van der Waals surface area contributed by atoms with Gasteiger partial charge in [0.05, 0.1) is 17.9 Å². The highest BCUT2D eigenvalue weighted by Gasteiger charge is 2.29. The van der Waals surface area contributed by atoms with Gasteiger partial charge < -0.3 is 5.32 Å². The van der Waals surface area contributed by atoms with Crippen molar-refractivity contribution >= 4 is 34.5 Å². The molecule has 1 saturated heterocycles. The van der Waals surface area contributed by atoms with E-state index in [4.69, 9.17) is 0 Å². The normalized spacial score (nSPS) is 13.6. The first-order valence-electron chi connectivity index (χ1n) is 8.85. The van der Waals surface area contributed by atoms with E-state index in [1.165, 1.54) is 17.3 Å². The maximum absolute atomic E-state index is 12.4. The number of carbonyl (C=O) groups is 3. The molecule has 7 nitrogen and oxygen atoms in total. The lowest BCUT2D eigenvalue weighted by molar-refractivity contribution is -0.125. The Kier molecular flexibility index (Phi) is 5.35. The van der Waals surface area contributed by atoms with Crippen LogP contribution in [0, 0.1) is 0 Å². The first-order valence-corrected chi connectivity index (χ1v) is 9.83. The lowest BCUT2D eigenvalue weighted by Gasteiger charge is -2.13. The van der Waals surface area contributed by atoms with Crippen LogP contribution in [-0.2, 0) is 11.3 Å². The summed E-state index contributed by atoms with van der Waals surface area (Å²) in [5, 5.41) is 2.56. The summed E-state index contributed by atoms with van der Waals surface area (Å²) in [6, 6.07) is 16.5. The van der Waals surface area contributed by atoms with Crippen molar-refractivity contribution in [3.63, 3.8) is 0 Å². The van der Waals surface area contributed by atoms with Gasteiger partial charge in [-0.15, -0.1) is 0 Å². The van der Waals surface area contributed by atoms with Crippen LogP contribution in [-0.4, -0.2) is 37.7 Å². The summed E-state index contributed by atoms with van der Waals surface area (Å²) < 4.78 is 0. The van der Waals surface area contributed by atoms with Gasteiger partial charge in [0.1, 0.15) is 0 Å². The Bertz CT molecular complexity index is 1040. The quantitative estimate of drug-likeness (QED) is 0.699. The number of thioether (sulfide) groups is 1. The molecule has 0 bridgehead atoms. The van der Waals surface area contributed by atoms with Crippen LogP contribution in [0.4, 0.5) is 10.5 Å². The molecule has 1 aromatic heterocycles. The Morgan fingerprint density at radius 3 is 2.31 bits per heavy atom. The third-order valence-electron chi connectivity index (χ3n) is 4.34. The van der Waals surface area contributed by atoms with Crippen molar-refractivity contribution in [2.24, 2.45) is 0 Å². The number of benzene rings is 2. The van der Waals surface area contributed by atoms with Crippen molar-refractivity contribution in [3.05, 3.63) is 78.1 Å². The Balaban J connectivity index is 1.39. The predicted molar refractivity (Wildman–Crippen MR) is 110 cm³/mol. The highest BCUT2D eigenvalue weighted by molar-refractivity contribution is 8.14. The highest BCUT2D eigenvalue weighted by atomic mass is 32.2. The number of hydrogen-bond acceptors (Lipinski definition) is 6. The van der Waals surface area contributed by atoms with E-state index in [1.54, 1.807) is 24.3 Å². The monoisotopic (exact) mass is 404 g/mol. The maximum atomic E-state index is 12.4. The standard InChI is InChI=1S/C21H16N4O3S/c26-18-13-29-21(28)25(18)12-14-6-8-17(9-7-14)24-20(27)16-10-22-19(23-11-16)15-4-2-1-3-5-15/h1-11H,12-13H2,(H,24,27). The predicted octanol–water partition coefficient (Wildman–Crippen LogP) is 3.59. The Hall–Kier alpha value is -3.52. The molecule has 144 valence electrons. The molecule has 1 aliphatic rings. The minimum atomic E-state index is -0.321. The first-order chi connectivity index (χ1) is 14.1. The summed E-state index contributed by atoms with van der Waals surface area (Å²) in [5.41, 5.74) is 2.63. The third-order valence-corrected chi connectivity index (χ3v) is 5.20. The van der Waals surface area contributed by atoms with Crippen LogP contribution in [0.5, 0.6) is 0 Å². The van der Waals surface area contributed by atoms with Crippen molar-refractivity contribution in [3.8, 4) is 11.4 Å². The molecule has 3 amide bonds. The number of rotatable bonds is 5. The third kappa shape index (κ3) is 4.33. The maximum Gasteiger partial charge on any atom is 0.289 e. The zero-order chi connectivity index (χ0) is 20.2. The van der Waals surface area contributed by atoms with Crippen molar-refractivity contribution in [2.45, 2.75) is 6.54 Å². The van der Waals surface area contributed by atoms with Crippen LogP contribution in [0.2, 0.25) is 0 Å². The summed E-state index contributed by atoms with van der Waals surface area (Å²) in [6.07, 6.45) is 2.97. The van der Waals surface area contributed by atoms with Crippen molar-refractivity contribution < 1.29 is 14.4 Å². The Morgan fingerprint density at radius 2 is 1.69 bits per heavy atom. The molecule has 0 spiro atoms. The fraction of sp³-hybridized carbons (Fsp3) is 0.0952. The molecular formula is C21H16N4O3S. The SMILES string of the molecule is O=C(Nc1ccc(CN2C(=O)CSC2=O)cc1)c1cnc(-c2ccccc2)nc1. The summed E-state index contributed by atoms with van der Waals surface area (Å²) in [4.78, 5) is 45.5. The molecule has 4 rings (SSSR count). The summed E-state index contributed by atoms with van der Waals surface area (Å²) in [6.45, 7) is 0.230. The highest BCUT2D eigenvalue weighted by Crippen LogP contribution is 2.22. The van der Waals surface area contributed by atoms with E-state index in [-0.39, 0.29) is 29.4 Å². The van der Waals surface area contributed by atoms with Crippen molar-refractivity contribution in [1.29, 1.82) is 0 Å². The average molecular weight is 404 g/mol. The lowest BCUT2D eigenvalue weighted by Crippen LogP contribution is -2.27. The summed E-state index contributed by atoms with van der Waals surface area (Å²) in [7, 11) is 0. The number of nitrogens with one attached hydrogen (secondary N) is 1. The molecule has 0 aliphatic carbocycles. The van der Waals surface area contributed by atoms with Gasteiger partial charge in [0, 0.05) is 23.6 Å². The molecule has 8 heteroatoms. The van der Waals surface area contributed by atoms with E-state index in [1.807, 2.05) is 30.3 Å². The number of amides is 3. The van der Waals surface area contributed by atoms with E-state index in [2.05, 4.69) is 15.3 Å². The van der Waals surface area contributed by atoms with E-state index >= 15 is 0 Å². The summed E-state index contributed by atoms with van der Waals surface area (Å²) >= 11 is 1.01. The lowest BCUT2D eigenvalue weighted by atomic mass is 10.2. The molecular weight excluding hydrogens is 388 g/mol. The molecule has 2 aromatic carbocycles. The fourth-order valence-corrected chi connectivity index (χ4v) is 3.52. The molecule has 0 saturated carbocycles. The van der Waals surface area contributed by atoms with Crippen LogP contribution >= 0.6 is 11.8 Å². The van der Waals surface area contributed by atoms with Crippen LogP contribution in [0.25, 0.3) is 11.4 Å². The number of carbonyl (C=O) groups excluding carboxylic acids is 3. The number of anilines is 1. The molecule has 1 fully saturated rings. The minimum Gasteiger partial charge on any atom is -0.322 e. The van der Waals surface area contributed by atoms with Gasteiger partial charge in [-0.2, -0.15) is 0 Å². The Labute approximate surface area is 171 Å². The zero-order valence-electron chi connectivity index (χ0n) is 15.2. The molecule has 1 N–H and O–H groups in total. The average Bonchev–Trinajstić information content (AvgIpc) is 3.08. The second-order valence-electron chi connectivity index (χ2n) is 6.35. The fourth-order valence-electron chi connectivity index (χ4n) is 2.79. The van der Waals surface area contributed by atoms with Crippen LogP contribution < -0.4 is 5.32 Å². The molecule has 0 unspecified atom stereocenters. The van der Waals surface area contributed by atoms with E-state index in [9.17, 15) is 14.4 Å². The van der Waals surface area contributed by atoms with Gasteiger partial charge in [-0.1, -0.05) is 54.2 Å². The molecule has 3 aromatic rings. The van der Waals surface area contributed by atoms with Gasteiger partial charge in [0.2, 0.25) is 5.91 Å². The topological polar surface area (TPSA) is 92.3 Å². The van der Waals surface area contributed by atoms with Gasteiger partial charge in [-0.05, 0) is 17.7 Å². The number of imide groups is 1. The smallest absolute Gasteiger partial charge is 0.289 e. The van der Waals surface area contributed by atoms with Crippen LogP contribution in [0.15, 0.2) is 67.0 Å². The van der Waals surface area contributed by atoms with Crippen molar-refractivity contribution in [1.82, 2.24) is 14.9 Å².